The van der Waals surface area contributed by atoms with Crippen molar-refractivity contribution in [2.24, 2.45) is 11.8 Å². The summed E-state index contributed by atoms with van der Waals surface area (Å²) in [5, 5.41) is 12.3. The minimum atomic E-state index is -0.758. The van der Waals surface area contributed by atoms with E-state index in [9.17, 15) is 14.7 Å². The summed E-state index contributed by atoms with van der Waals surface area (Å²) in [5.74, 6) is -1.17. The number of rotatable bonds is 5. The first kappa shape index (κ1) is 17.9. The number of nitrogens with zero attached hydrogens (tertiary/aromatic N) is 1. The first-order chi connectivity index (χ1) is 12.1. The third-order valence-corrected chi connectivity index (χ3v) is 5.58. The van der Waals surface area contributed by atoms with E-state index in [0.717, 1.165) is 45.3 Å². The number of carboxylic acid groups (broad SMARTS) is 1. The maximum atomic E-state index is 12.5. The zero-order valence-corrected chi connectivity index (χ0v) is 14.7. The molecule has 0 bridgehead atoms. The fourth-order valence-electron chi connectivity index (χ4n) is 4.05. The average Bonchev–Trinajstić information content (AvgIpc) is 2.64. The zero-order valence-electron chi connectivity index (χ0n) is 14.7. The van der Waals surface area contributed by atoms with E-state index in [1.165, 1.54) is 5.56 Å². The van der Waals surface area contributed by atoms with Gasteiger partial charge in [-0.1, -0.05) is 36.8 Å². The lowest BCUT2D eigenvalue weighted by Crippen LogP contribution is -2.46. The quantitative estimate of drug-likeness (QED) is 0.862. The first-order valence-electron chi connectivity index (χ1n) is 9.41. The maximum Gasteiger partial charge on any atom is 0.306 e. The number of hydrogen-bond donors (Lipinski definition) is 2. The highest BCUT2D eigenvalue weighted by Gasteiger charge is 2.32. The average molecular weight is 344 g/mol. The molecule has 25 heavy (non-hydrogen) atoms. The van der Waals surface area contributed by atoms with Crippen LogP contribution in [-0.2, 0) is 16.1 Å². The van der Waals surface area contributed by atoms with Gasteiger partial charge < -0.3 is 10.4 Å². The second-order valence-electron chi connectivity index (χ2n) is 7.44. The van der Waals surface area contributed by atoms with E-state index < -0.39 is 5.97 Å². The summed E-state index contributed by atoms with van der Waals surface area (Å²) in [6.45, 7) is 2.94. The maximum absolute atomic E-state index is 12.5. The summed E-state index contributed by atoms with van der Waals surface area (Å²) < 4.78 is 0. The first-order valence-corrected chi connectivity index (χ1v) is 9.41. The summed E-state index contributed by atoms with van der Waals surface area (Å²) in [7, 11) is 0. The van der Waals surface area contributed by atoms with Gasteiger partial charge in [-0.05, 0) is 37.7 Å². The van der Waals surface area contributed by atoms with Crippen molar-refractivity contribution in [3.63, 3.8) is 0 Å². The molecule has 0 unspecified atom stereocenters. The Balaban J connectivity index is 1.42. The summed E-state index contributed by atoms with van der Waals surface area (Å²) in [4.78, 5) is 26.1. The predicted octanol–water partition coefficient (Wildman–Crippen LogP) is 2.66. The van der Waals surface area contributed by atoms with E-state index in [1.807, 2.05) is 6.07 Å². The van der Waals surface area contributed by atoms with Crippen molar-refractivity contribution < 1.29 is 14.7 Å². The van der Waals surface area contributed by atoms with Crippen molar-refractivity contribution in [1.29, 1.82) is 0 Å². The number of amides is 1. The molecule has 5 heteroatoms. The van der Waals surface area contributed by atoms with E-state index in [2.05, 4.69) is 34.5 Å². The van der Waals surface area contributed by atoms with Crippen LogP contribution in [0.25, 0.3) is 0 Å². The molecule has 0 radical (unpaired) electrons. The van der Waals surface area contributed by atoms with E-state index in [4.69, 9.17) is 0 Å². The molecule has 1 saturated heterocycles. The number of carbonyl (C=O) groups is 2. The fraction of sp³-hybridized carbons (Fsp3) is 0.600. The molecule has 1 aliphatic carbocycles. The molecule has 1 aromatic carbocycles. The second-order valence-corrected chi connectivity index (χ2v) is 7.44. The number of piperidine rings is 1. The zero-order chi connectivity index (χ0) is 17.6. The van der Waals surface area contributed by atoms with Crippen molar-refractivity contribution in [2.45, 2.75) is 51.1 Å². The molecule has 0 spiro atoms. The molecule has 2 N–H and O–H groups in total. The van der Waals surface area contributed by atoms with Crippen LogP contribution in [-0.4, -0.2) is 41.0 Å². The molecular formula is C20H28N2O3. The highest BCUT2D eigenvalue weighted by Crippen LogP contribution is 2.29. The number of aliphatic carboxylic acids is 1. The normalized spacial score (nSPS) is 25.4. The molecule has 2 atom stereocenters. The molecule has 136 valence electrons. The van der Waals surface area contributed by atoms with Gasteiger partial charge in [0.1, 0.15) is 0 Å². The molecule has 2 aliphatic rings. The SMILES string of the molecule is O=C(O)[C@H]1CCC[C@@H](C(=O)NC2CCN(Cc3ccccc3)CC2)C1. The summed E-state index contributed by atoms with van der Waals surface area (Å²) in [6.07, 6.45) is 4.79. The Morgan fingerprint density at radius 1 is 1.04 bits per heavy atom. The van der Waals surface area contributed by atoms with E-state index in [1.54, 1.807) is 0 Å². The summed E-state index contributed by atoms with van der Waals surface area (Å²) in [5.41, 5.74) is 1.33. The Hall–Kier alpha value is -1.88. The van der Waals surface area contributed by atoms with Crippen molar-refractivity contribution in [2.75, 3.05) is 13.1 Å². The molecule has 1 saturated carbocycles. The Labute approximate surface area is 149 Å². The Morgan fingerprint density at radius 3 is 2.40 bits per heavy atom. The molecule has 3 rings (SSSR count). The van der Waals surface area contributed by atoms with Gasteiger partial charge in [0.15, 0.2) is 0 Å². The van der Waals surface area contributed by atoms with Gasteiger partial charge in [-0.3, -0.25) is 14.5 Å². The lowest BCUT2D eigenvalue weighted by molar-refractivity contribution is -0.144. The lowest BCUT2D eigenvalue weighted by atomic mass is 9.81. The standard InChI is InChI=1S/C20H28N2O3/c23-19(16-7-4-8-17(13-16)20(24)25)21-18-9-11-22(12-10-18)14-15-5-2-1-3-6-15/h1-3,5-6,16-18H,4,7-14H2,(H,21,23)(H,24,25)/t16-,17+/m1/s1. The summed E-state index contributed by atoms with van der Waals surface area (Å²) >= 11 is 0. The monoisotopic (exact) mass is 344 g/mol. The van der Waals surface area contributed by atoms with Gasteiger partial charge in [0, 0.05) is 31.6 Å². The van der Waals surface area contributed by atoms with Crippen molar-refractivity contribution in [3.8, 4) is 0 Å². The van der Waals surface area contributed by atoms with Gasteiger partial charge in [0.2, 0.25) is 5.91 Å². The van der Waals surface area contributed by atoms with Crippen LogP contribution in [0.15, 0.2) is 30.3 Å². The Bertz CT molecular complexity index is 582. The number of hydrogen-bond acceptors (Lipinski definition) is 3. The van der Waals surface area contributed by atoms with Crippen molar-refractivity contribution in [3.05, 3.63) is 35.9 Å². The minimum absolute atomic E-state index is 0.0625. The number of likely N-dealkylation sites (tertiary alicyclic amines) is 1. The van der Waals surface area contributed by atoms with Gasteiger partial charge in [0.25, 0.3) is 0 Å². The molecule has 1 heterocycles. The Morgan fingerprint density at radius 2 is 1.72 bits per heavy atom. The number of carboxylic acids is 1. The fourth-order valence-corrected chi connectivity index (χ4v) is 4.05. The number of carbonyl (C=O) groups excluding carboxylic acids is 1. The summed E-state index contributed by atoms with van der Waals surface area (Å²) in [6, 6.07) is 10.7. The highest BCUT2D eigenvalue weighted by molar-refractivity contribution is 5.80. The minimum Gasteiger partial charge on any atom is -0.481 e. The Kier molecular flexibility index (Phi) is 6.08. The van der Waals surface area contributed by atoms with Gasteiger partial charge in [-0.15, -0.1) is 0 Å². The van der Waals surface area contributed by atoms with Crippen molar-refractivity contribution >= 4 is 11.9 Å². The molecule has 1 amide bonds. The van der Waals surface area contributed by atoms with Crippen LogP contribution in [0.4, 0.5) is 0 Å². The van der Waals surface area contributed by atoms with E-state index >= 15 is 0 Å². The van der Waals surface area contributed by atoms with Crippen LogP contribution in [0.1, 0.15) is 44.1 Å². The van der Waals surface area contributed by atoms with Crippen LogP contribution in [0.5, 0.6) is 0 Å². The van der Waals surface area contributed by atoms with Gasteiger partial charge >= 0.3 is 5.97 Å². The third-order valence-electron chi connectivity index (χ3n) is 5.58. The van der Waals surface area contributed by atoms with Crippen LogP contribution in [0.3, 0.4) is 0 Å². The van der Waals surface area contributed by atoms with Gasteiger partial charge in [-0.25, -0.2) is 0 Å². The molecular weight excluding hydrogens is 316 g/mol. The number of nitrogens with one attached hydrogen (secondary N) is 1. The molecule has 2 fully saturated rings. The van der Waals surface area contributed by atoms with Crippen LogP contribution >= 0.6 is 0 Å². The topological polar surface area (TPSA) is 69.6 Å². The highest BCUT2D eigenvalue weighted by atomic mass is 16.4. The second kappa shape index (κ2) is 8.48. The predicted molar refractivity (Wildman–Crippen MR) is 96.0 cm³/mol. The largest absolute Gasteiger partial charge is 0.481 e. The van der Waals surface area contributed by atoms with E-state index in [0.29, 0.717) is 12.8 Å². The molecule has 0 aromatic heterocycles. The number of benzene rings is 1. The van der Waals surface area contributed by atoms with Gasteiger partial charge in [-0.2, -0.15) is 0 Å². The lowest BCUT2D eigenvalue weighted by Gasteiger charge is -2.34. The molecule has 1 aliphatic heterocycles. The smallest absolute Gasteiger partial charge is 0.306 e. The molecule has 5 nitrogen and oxygen atoms in total. The van der Waals surface area contributed by atoms with Gasteiger partial charge in [0.05, 0.1) is 5.92 Å². The van der Waals surface area contributed by atoms with Crippen LogP contribution in [0, 0.1) is 11.8 Å². The van der Waals surface area contributed by atoms with Crippen LogP contribution in [0.2, 0.25) is 0 Å². The molecule has 1 aromatic rings. The third kappa shape index (κ3) is 5.05. The van der Waals surface area contributed by atoms with Crippen molar-refractivity contribution in [1.82, 2.24) is 10.2 Å². The van der Waals surface area contributed by atoms with E-state index in [-0.39, 0.29) is 23.8 Å². The van der Waals surface area contributed by atoms with Crippen LogP contribution < -0.4 is 5.32 Å².